The molecule has 0 aliphatic heterocycles. The summed E-state index contributed by atoms with van der Waals surface area (Å²) < 4.78 is 5.37. The molecule has 0 fully saturated rings. The maximum absolute atomic E-state index is 11.1. The molecular formula is C17H27NO3. The van der Waals surface area contributed by atoms with Gasteiger partial charge in [0, 0.05) is 18.2 Å². The highest BCUT2D eigenvalue weighted by molar-refractivity contribution is 5.88. The van der Waals surface area contributed by atoms with Crippen LogP contribution in [0.1, 0.15) is 56.0 Å². The molecule has 0 aromatic heterocycles. The first-order valence-electron chi connectivity index (χ1n) is 7.63. The third-order valence-electron chi connectivity index (χ3n) is 3.68. The Hall–Kier alpha value is -1.55. The smallest absolute Gasteiger partial charge is 0.335 e. The fourth-order valence-electron chi connectivity index (χ4n) is 2.34. The highest BCUT2D eigenvalue weighted by Crippen LogP contribution is 2.23. The number of nitrogens with zero attached hydrogens (tertiary/aromatic N) is 1. The molecule has 21 heavy (non-hydrogen) atoms. The zero-order valence-corrected chi connectivity index (χ0v) is 13.6. The van der Waals surface area contributed by atoms with Gasteiger partial charge in [0.15, 0.2) is 0 Å². The summed E-state index contributed by atoms with van der Waals surface area (Å²) >= 11 is 0. The number of ether oxygens (including phenoxy) is 1. The van der Waals surface area contributed by atoms with Crippen molar-refractivity contribution < 1.29 is 14.6 Å². The van der Waals surface area contributed by atoms with Gasteiger partial charge in [-0.1, -0.05) is 19.8 Å². The molecule has 0 heterocycles. The van der Waals surface area contributed by atoms with Gasteiger partial charge in [-0.25, -0.2) is 4.79 Å². The molecule has 0 saturated carbocycles. The van der Waals surface area contributed by atoms with Crippen LogP contribution in [-0.2, 0) is 6.54 Å². The number of carboxylic acid groups (broad SMARTS) is 1. The minimum Gasteiger partial charge on any atom is -0.496 e. The number of unbranched alkanes of at least 4 members (excludes halogenated alkanes) is 2. The first kappa shape index (κ1) is 17.5. The van der Waals surface area contributed by atoms with Gasteiger partial charge in [0.05, 0.1) is 12.7 Å². The lowest BCUT2D eigenvalue weighted by molar-refractivity contribution is 0.0696. The van der Waals surface area contributed by atoms with Crippen LogP contribution in [0.5, 0.6) is 5.75 Å². The van der Waals surface area contributed by atoms with Crippen LogP contribution >= 0.6 is 0 Å². The zero-order chi connectivity index (χ0) is 15.8. The Labute approximate surface area is 127 Å². The van der Waals surface area contributed by atoms with Gasteiger partial charge in [0.2, 0.25) is 0 Å². The predicted octanol–water partition coefficient (Wildman–Crippen LogP) is 3.79. The van der Waals surface area contributed by atoms with Crippen LogP contribution in [-0.4, -0.2) is 35.7 Å². The van der Waals surface area contributed by atoms with Crippen molar-refractivity contribution in [1.82, 2.24) is 4.90 Å². The quantitative estimate of drug-likeness (QED) is 0.704. The molecule has 0 spiro atoms. The average Bonchev–Trinajstić information content (AvgIpc) is 2.45. The topological polar surface area (TPSA) is 49.8 Å². The molecule has 118 valence electrons. The van der Waals surface area contributed by atoms with E-state index in [1.807, 2.05) is 0 Å². The van der Waals surface area contributed by atoms with E-state index in [4.69, 9.17) is 9.84 Å². The molecule has 0 atom stereocenters. The highest BCUT2D eigenvalue weighted by atomic mass is 16.5. The number of benzene rings is 1. The third kappa shape index (κ3) is 5.38. The molecule has 0 unspecified atom stereocenters. The minimum atomic E-state index is -0.902. The van der Waals surface area contributed by atoms with E-state index in [2.05, 4.69) is 25.7 Å². The third-order valence-corrected chi connectivity index (χ3v) is 3.68. The summed E-state index contributed by atoms with van der Waals surface area (Å²) in [6, 6.07) is 5.46. The molecule has 1 N–H and O–H groups in total. The van der Waals surface area contributed by atoms with Gasteiger partial charge in [-0.3, -0.25) is 4.90 Å². The summed E-state index contributed by atoms with van der Waals surface area (Å²) in [5, 5.41) is 9.14. The molecule has 1 aromatic carbocycles. The van der Waals surface area contributed by atoms with Crippen LogP contribution in [0.3, 0.4) is 0 Å². The van der Waals surface area contributed by atoms with Crippen molar-refractivity contribution in [2.45, 2.75) is 52.6 Å². The summed E-state index contributed by atoms with van der Waals surface area (Å²) in [6.07, 6.45) is 3.58. The number of aromatic carboxylic acids is 1. The van der Waals surface area contributed by atoms with Gasteiger partial charge in [0.25, 0.3) is 0 Å². The summed E-state index contributed by atoms with van der Waals surface area (Å²) in [5.74, 6) is -0.151. The van der Waals surface area contributed by atoms with E-state index in [-0.39, 0.29) is 0 Å². The molecule has 4 nitrogen and oxygen atoms in total. The number of hydrogen-bond acceptors (Lipinski definition) is 3. The van der Waals surface area contributed by atoms with Crippen LogP contribution in [0.4, 0.5) is 0 Å². The van der Waals surface area contributed by atoms with E-state index >= 15 is 0 Å². The Morgan fingerprint density at radius 3 is 2.57 bits per heavy atom. The molecule has 0 saturated heterocycles. The van der Waals surface area contributed by atoms with Crippen molar-refractivity contribution in [3.05, 3.63) is 29.3 Å². The Bertz CT molecular complexity index is 457. The lowest BCUT2D eigenvalue weighted by Crippen LogP contribution is -2.31. The van der Waals surface area contributed by atoms with Crippen LogP contribution in [0.25, 0.3) is 0 Å². The molecule has 0 amide bonds. The van der Waals surface area contributed by atoms with Crippen LogP contribution < -0.4 is 4.74 Å². The van der Waals surface area contributed by atoms with Gasteiger partial charge in [-0.2, -0.15) is 0 Å². The molecule has 0 radical (unpaired) electrons. The first-order chi connectivity index (χ1) is 9.99. The van der Waals surface area contributed by atoms with Crippen LogP contribution in [0, 0.1) is 0 Å². The molecular weight excluding hydrogens is 266 g/mol. The van der Waals surface area contributed by atoms with Gasteiger partial charge < -0.3 is 9.84 Å². The van der Waals surface area contributed by atoms with Crippen molar-refractivity contribution in [3.63, 3.8) is 0 Å². The SMILES string of the molecule is CCCCCN(Cc1cc(C(=O)O)ccc1OC)C(C)C. The number of rotatable bonds is 9. The van der Waals surface area contributed by atoms with Crippen molar-refractivity contribution in [1.29, 1.82) is 0 Å². The second-order valence-corrected chi connectivity index (χ2v) is 5.60. The second kappa shape index (κ2) is 8.67. The highest BCUT2D eigenvalue weighted by Gasteiger charge is 2.15. The Morgan fingerprint density at radius 1 is 1.33 bits per heavy atom. The zero-order valence-electron chi connectivity index (χ0n) is 13.6. The predicted molar refractivity (Wildman–Crippen MR) is 85.0 cm³/mol. The number of methoxy groups -OCH3 is 1. The van der Waals surface area contributed by atoms with E-state index in [9.17, 15) is 4.79 Å². The van der Waals surface area contributed by atoms with Gasteiger partial charge in [-0.05, 0) is 45.0 Å². The molecule has 4 heteroatoms. The lowest BCUT2D eigenvalue weighted by atomic mass is 10.1. The van der Waals surface area contributed by atoms with Crippen molar-refractivity contribution in [3.8, 4) is 5.75 Å². The Kier molecular flexibility index (Phi) is 7.23. The maximum Gasteiger partial charge on any atom is 0.335 e. The summed E-state index contributed by atoms with van der Waals surface area (Å²) in [7, 11) is 1.62. The summed E-state index contributed by atoms with van der Waals surface area (Å²) in [4.78, 5) is 13.5. The minimum absolute atomic E-state index is 0.308. The van der Waals surface area contributed by atoms with Gasteiger partial charge in [0.1, 0.15) is 5.75 Å². The lowest BCUT2D eigenvalue weighted by Gasteiger charge is -2.27. The fourth-order valence-corrected chi connectivity index (χ4v) is 2.34. The maximum atomic E-state index is 11.1. The second-order valence-electron chi connectivity index (χ2n) is 5.60. The molecule has 0 aliphatic rings. The molecule has 0 aliphatic carbocycles. The Balaban J connectivity index is 2.90. The normalized spacial score (nSPS) is 11.1. The molecule has 1 rings (SSSR count). The van der Waals surface area contributed by atoms with E-state index < -0.39 is 5.97 Å². The number of carboxylic acids is 1. The standard InChI is InChI=1S/C17H27NO3/c1-5-6-7-10-18(13(2)3)12-15-11-14(17(19)20)8-9-16(15)21-4/h8-9,11,13H,5-7,10,12H2,1-4H3,(H,19,20). The number of carbonyl (C=O) groups is 1. The largest absolute Gasteiger partial charge is 0.496 e. The van der Waals surface area contributed by atoms with Crippen LogP contribution in [0.15, 0.2) is 18.2 Å². The monoisotopic (exact) mass is 293 g/mol. The molecule has 0 bridgehead atoms. The van der Waals surface area contributed by atoms with Crippen LogP contribution in [0.2, 0.25) is 0 Å². The van der Waals surface area contributed by atoms with E-state index in [1.165, 1.54) is 12.8 Å². The fraction of sp³-hybridized carbons (Fsp3) is 0.588. The number of hydrogen-bond donors (Lipinski definition) is 1. The van der Waals surface area contributed by atoms with Crippen molar-refractivity contribution in [2.75, 3.05) is 13.7 Å². The summed E-state index contributed by atoms with van der Waals surface area (Å²) in [5.41, 5.74) is 1.24. The Morgan fingerprint density at radius 2 is 2.05 bits per heavy atom. The van der Waals surface area contributed by atoms with Gasteiger partial charge >= 0.3 is 5.97 Å². The van der Waals surface area contributed by atoms with E-state index in [0.29, 0.717) is 18.2 Å². The first-order valence-corrected chi connectivity index (χ1v) is 7.63. The van der Waals surface area contributed by atoms with Gasteiger partial charge in [-0.15, -0.1) is 0 Å². The van der Waals surface area contributed by atoms with E-state index in [1.54, 1.807) is 25.3 Å². The van der Waals surface area contributed by atoms with Crippen molar-refractivity contribution >= 4 is 5.97 Å². The van der Waals surface area contributed by atoms with E-state index in [0.717, 1.165) is 24.3 Å². The molecule has 1 aromatic rings. The van der Waals surface area contributed by atoms with Crippen molar-refractivity contribution in [2.24, 2.45) is 0 Å². The summed E-state index contributed by atoms with van der Waals surface area (Å²) in [6.45, 7) is 8.26. The average molecular weight is 293 g/mol.